The van der Waals surface area contributed by atoms with Crippen LogP contribution in [0.3, 0.4) is 0 Å². The molecule has 0 radical (unpaired) electrons. The van der Waals surface area contributed by atoms with Gasteiger partial charge in [0, 0.05) is 22.5 Å². The first-order valence-corrected chi connectivity index (χ1v) is 11.0. The zero-order valence-electron chi connectivity index (χ0n) is 20.1. The molecule has 34 heavy (non-hydrogen) atoms. The summed E-state index contributed by atoms with van der Waals surface area (Å²) in [7, 11) is 0. The van der Waals surface area contributed by atoms with Gasteiger partial charge in [0.05, 0.1) is 18.2 Å². The number of nitrogens with one attached hydrogen (secondary N) is 1. The first-order chi connectivity index (χ1) is 15.9. The molecule has 0 aliphatic heterocycles. The highest BCUT2D eigenvalue weighted by Gasteiger charge is 2.25. The highest BCUT2D eigenvalue weighted by molar-refractivity contribution is 6.17. The summed E-state index contributed by atoms with van der Waals surface area (Å²) in [5.41, 5.74) is -0.409. The van der Waals surface area contributed by atoms with Gasteiger partial charge in [0.2, 0.25) is 5.88 Å². The van der Waals surface area contributed by atoms with Crippen molar-refractivity contribution in [1.29, 1.82) is 0 Å². The molecule has 8 heteroatoms. The van der Waals surface area contributed by atoms with E-state index in [4.69, 9.17) is 9.47 Å². The Morgan fingerprint density at radius 3 is 2.38 bits per heavy atom. The Labute approximate surface area is 197 Å². The molecule has 0 unspecified atom stereocenters. The van der Waals surface area contributed by atoms with Crippen LogP contribution in [0, 0.1) is 18.6 Å². The first kappa shape index (κ1) is 25.1. The van der Waals surface area contributed by atoms with Gasteiger partial charge in [-0.05, 0) is 70.9 Å². The van der Waals surface area contributed by atoms with Gasteiger partial charge in [-0.1, -0.05) is 12.1 Å². The second-order valence-electron chi connectivity index (χ2n) is 8.96. The lowest BCUT2D eigenvalue weighted by Gasteiger charge is -2.22. The molecule has 1 N–H and O–H groups in total. The van der Waals surface area contributed by atoms with Crippen LogP contribution in [-0.4, -0.2) is 29.1 Å². The number of aryl methyl sites for hydroxylation is 1. The van der Waals surface area contributed by atoms with Crippen molar-refractivity contribution in [2.24, 2.45) is 0 Å². The molecule has 0 aliphatic carbocycles. The molecule has 1 amide bonds. The summed E-state index contributed by atoms with van der Waals surface area (Å²) in [6.07, 6.45) is 0.843. The van der Waals surface area contributed by atoms with E-state index in [2.05, 4.69) is 10.3 Å². The summed E-state index contributed by atoms with van der Waals surface area (Å²) in [6.45, 7) is 10.6. The van der Waals surface area contributed by atoms with Crippen molar-refractivity contribution in [2.45, 2.75) is 53.2 Å². The number of carbonyl (C=O) groups excluding carboxylic acids is 2. The molecule has 0 fully saturated rings. The van der Waals surface area contributed by atoms with Crippen molar-refractivity contribution in [3.8, 4) is 5.88 Å². The lowest BCUT2D eigenvalue weighted by atomic mass is 9.94. The van der Waals surface area contributed by atoms with Gasteiger partial charge in [0.1, 0.15) is 17.2 Å². The van der Waals surface area contributed by atoms with Gasteiger partial charge in [-0.15, -0.1) is 0 Å². The number of aromatic nitrogens is 1. The van der Waals surface area contributed by atoms with Gasteiger partial charge >= 0.3 is 6.09 Å². The Bertz CT molecular complexity index is 1230. The van der Waals surface area contributed by atoms with Gasteiger partial charge in [-0.25, -0.2) is 18.6 Å². The van der Waals surface area contributed by atoms with E-state index in [-0.39, 0.29) is 11.1 Å². The summed E-state index contributed by atoms with van der Waals surface area (Å²) < 4.78 is 40.9. The predicted octanol–water partition coefficient (Wildman–Crippen LogP) is 6.04. The Morgan fingerprint density at radius 2 is 1.79 bits per heavy atom. The average Bonchev–Trinajstić information content (AvgIpc) is 2.73. The fourth-order valence-corrected chi connectivity index (χ4v) is 3.65. The molecule has 0 aliphatic rings. The fourth-order valence-electron chi connectivity index (χ4n) is 3.65. The lowest BCUT2D eigenvalue weighted by molar-refractivity contribution is 0.0507. The number of nitrogens with zero attached hydrogens (tertiary/aromatic N) is 1. The molecule has 3 rings (SSSR count). The summed E-state index contributed by atoms with van der Waals surface area (Å²) in [5, 5.41) is 3.64. The Kier molecular flexibility index (Phi) is 7.19. The molecule has 2 aromatic carbocycles. The number of alkyl carbamates (subject to hydrolysis) is 1. The van der Waals surface area contributed by atoms with Gasteiger partial charge in [-0.2, -0.15) is 0 Å². The van der Waals surface area contributed by atoms with Crippen LogP contribution in [0.25, 0.3) is 10.8 Å². The minimum atomic E-state index is -1.02. The monoisotopic (exact) mass is 470 g/mol. The number of hydrogen-bond acceptors (Lipinski definition) is 5. The first-order valence-electron chi connectivity index (χ1n) is 11.0. The number of ether oxygens (including phenoxy) is 2. The van der Waals surface area contributed by atoms with Gasteiger partial charge in [0.25, 0.3) is 0 Å². The largest absolute Gasteiger partial charge is 0.478 e. The van der Waals surface area contributed by atoms with E-state index in [9.17, 15) is 9.59 Å². The molecular formula is C26H28F2N2O4. The number of rotatable bonds is 6. The Morgan fingerprint density at radius 1 is 1.15 bits per heavy atom. The lowest BCUT2D eigenvalue weighted by Crippen LogP contribution is -2.34. The third-order valence-corrected chi connectivity index (χ3v) is 5.12. The third-order valence-electron chi connectivity index (χ3n) is 5.12. The van der Waals surface area contributed by atoms with Gasteiger partial charge in [-0.3, -0.25) is 4.79 Å². The summed E-state index contributed by atoms with van der Waals surface area (Å²) in [4.78, 5) is 29.6. The van der Waals surface area contributed by atoms with Crippen LogP contribution < -0.4 is 10.1 Å². The van der Waals surface area contributed by atoms with Gasteiger partial charge < -0.3 is 14.8 Å². The van der Waals surface area contributed by atoms with Crippen LogP contribution in [0.1, 0.15) is 67.7 Å². The third kappa shape index (κ3) is 5.32. The van der Waals surface area contributed by atoms with Crippen molar-refractivity contribution in [3.63, 3.8) is 0 Å². The van der Waals surface area contributed by atoms with E-state index >= 15 is 8.78 Å². The topological polar surface area (TPSA) is 77.5 Å². The molecule has 0 saturated carbocycles. The minimum Gasteiger partial charge on any atom is -0.478 e. The number of amides is 1. The van der Waals surface area contributed by atoms with Crippen LogP contribution >= 0.6 is 0 Å². The van der Waals surface area contributed by atoms with Gasteiger partial charge in [0.15, 0.2) is 5.78 Å². The zero-order valence-corrected chi connectivity index (χ0v) is 20.1. The molecular weight excluding hydrogens is 442 g/mol. The van der Waals surface area contributed by atoms with E-state index < -0.39 is 40.7 Å². The van der Waals surface area contributed by atoms with Crippen molar-refractivity contribution in [2.75, 3.05) is 6.61 Å². The maximum atomic E-state index is 15.1. The van der Waals surface area contributed by atoms with Crippen LogP contribution in [-0.2, 0) is 4.74 Å². The normalized spacial score (nSPS) is 12.4. The summed E-state index contributed by atoms with van der Waals surface area (Å²) in [6, 6.07) is 6.23. The van der Waals surface area contributed by atoms with Crippen LogP contribution in [0.4, 0.5) is 13.6 Å². The maximum absolute atomic E-state index is 15.1. The van der Waals surface area contributed by atoms with E-state index in [0.717, 1.165) is 12.1 Å². The van der Waals surface area contributed by atoms with E-state index in [1.54, 1.807) is 52.9 Å². The smallest absolute Gasteiger partial charge is 0.408 e. The van der Waals surface area contributed by atoms with Crippen molar-refractivity contribution in [1.82, 2.24) is 10.3 Å². The molecule has 1 atom stereocenters. The predicted molar refractivity (Wildman–Crippen MR) is 125 cm³/mol. The second kappa shape index (κ2) is 9.75. The van der Waals surface area contributed by atoms with Crippen molar-refractivity contribution >= 4 is 22.6 Å². The second-order valence-corrected chi connectivity index (χ2v) is 8.96. The maximum Gasteiger partial charge on any atom is 0.408 e. The molecule has 1 aromatic heterocycles. The number of pyridine rings is 1. The highest BCUT2D eigenvalue weighted by atomic mass is 19.1. The SMILES string of the molecule is CCOc1ncc(C)c2c(C(=O)c3c(F)cc([C@@H](C)NC(=O)OC(C)(C)C)cc3F)cccc12. The Hall–Kier alpha value is -3.55. The molecule has 0 saturated heterocycles. The number of carbonyl (C=O) groups is 2. The van der Waals surface area contributed by atoms with Crippen LogP contribution in [0.5, 0.6) is 5.88 Å². The van der Waals surface area contributed by atoms with E-state index in [1.807, 2.05) is 6.92 Å². The molecule has 0 bridgehead atoms. The molecule has 6 nitrogen and oxygen atoms in total. The molecule has 3 aromatic rings. The van der Waals surface area contributed by atoms with Crippen LogP contribution in [0.15, 0.2) is 36.5 Å². The highest BCUT2D eigenvalue weighted by Crippen LogP contribution is 2.32. The number of halogens is 2. The van der Waals surface area contributed by atoms with Crippen molar-refractivity contribution in [3.05, 3.63) is 70.4 Å². The molecule has 1 heterocycles. The zero-order chi connectivity index (χ0) is 25.2. The minimum absolute atomic E-state index is 0.142. The fraction of sp³-hybridized carbons (Fsp3) is 0.346. The van der Waals surface area contributed by atoms with Crippen molar-refractivity contribution < 1.29 is 27.8 Å². The number of hydrogen-bond donors (Lipinski definition) is 1. The Balaban J connectivity index is 1.99. The van der Waals surface area contributed by atoms with Crippen LogP contribution in [0.2, 0.25) is 0 Å². The quantitative estimate of drug-likeness (QED) is 0.445. The number of fused-ring (bicyclic) bond motifs is 1. The molecule has 180 valence electrons. The molecule has 0 spiro atoms. The van der Waals surface area contributed by atoms with E-state index in [1.165, 1.54) is 6.07 Å². The summed E-state index contributed by atoms with van der Waals surface area (Å²) in [5.74, 6) is -2.49. The summed E-state index contributed by atoms with van der Waals surface area (Å²) >= 11 is 0. The number of benzene rings is 2. The standard InChI is InChI=1S/C26H28F2N2O4/c1-7-33-24-18-10-8-9-17(21(18)14(2)13-29-24)23(31)22-19(27)11-16(12-20(22)28)15(3)30-25(32)34-26(4,5)6/h8-13,15H,7H2,1-6H3,(H,30,32)/t15-/m1/s1. The average molecular weight is 471 g/mol. The number of ketones is 1. The van der Waals surface area contributed by atoms with E-state index in [0.29, 0.717) is 28.8 Å².